The third-order valence-corrected chi connectivity index (χ3v) is 1.89. The number of rotatable bonds is 3. The van der Waals surface area contributed by atoms with Gasteiger partial charge in [-0.3, -0.25) is 19.7 Å². The first-order valence-corrected chi connectivity index (χ1v) is 4.12. The Bertz CT molecular complexity index is 514. The van der Waals surface area contributed by atoms with E-state index in [2.05, 4.69) is 0 Å². The lowest BCUT2D eigenvalue weighted by Gasteiger charge is -2.03. The lowest BCUT2D eigenvalue weighted by atomic mass is 10.2. The van der Waals surface area contributed by atoms with Crippen LogP contribution in [0.25, 0.3) is 0 Å². The summed E-state index contributed by atoms with van der Waals surface area (Å²) in [5.74, 6) is 0. The van der Waals surface area contributed by atoms with Crippen molar-refractivity contribution >= 4 is 22.5 Å². The molecule has 1 N–H and O–H groups in total. The first-order chi connectivity index (χ1) is 7.36. The van der Waals surface area contributed by atoms with E-state index in [1.54, 1.807) is 0 Å². The average molecular weight is 253 g/mol. The maximum absolute atomic E-state index is 12.3. The number of halogens is 3. The van der Waals surface area contributed by atoms with E-state index in [1.165, 1.54) is 0 Å². The van der Waals surface area contributed by atoms with E-state index >= 15 is 0 Å². The van der Waals surface area contributed by atoms with Crippen LogP contribution >= 0.6 is 11.6 Å². The minimum Gasteiger partial charge on any atom is -0.354 e. The van der Waals surface area contributed by atoms with Gasteiger partial charge in [-0.2, -0.15) is 0 Å². The predicted octanol–water partition coefficient (Wildman–Crippen LogP) is 1.60. The number of carbonyl (C=O) groups is 1. The van der Waals surface area contributed by atoms with Crippen molar-refractivity contribution in [1.82, 2.24) is 4.98 Å². The van der Waals surface area contributed by atoms with E-state index in [-0.39, 0.29) is 0 Å². The molecule has 16 heavy (non-hydrogen) atoms. The predicted molar refractivity (Wildman–Crippen MR) is 48.9 cm³/mol. The molecule has 0 atom stereocenters. The Balaban J connectivity index is 3.61. The molecule has 0 fully saturated rings. The molecule has 0 spiro atoms. The molecule has 0 aliphatic carbocycles. The number of pyridine rings is 1. The molecule has 1 aromatic heterocycles. The molecule has 0 aromatic carbocycles. The Morgan fingerprint density at radius 1 is 1.56 bits per heavy atom. The second-order valence-electron chi connectivity index (χ2n) is 2.62. The molecule has 0 saturated carbocycles. The molecular formula is C7H3ClF2N2O4. The van der Waals surface area contributed by atoms with Crippen LogP contribution in [0.3, 0.4) is 0 Å². The van der Waals surface area contributed by atoms with Crippen molar-refractivity contribution in [2.45, 2.75) is 6.43 Å². The lowest BCUT2D eigenvalue weighted by molar-refractivity contribution is -0.386. The summed E-state index contributed by atoms with van der Waals surface area (Å²) in [6, 6.07) is 0. The van der Waals surface area contributed by atoms with E-state index in [1.807, 2.05) is 4.98 Å². The fourth-order valence-corrected chi connectivity index (χ4v) is 1.22. The van der Waals surface area contributed by atoms with E-state index in [0.29, 0.717) is 6.20 Å². The van der Waals surface area contributed by atoms with Crippen molar-refractivity contribution in [3.63, 3.8) is 0 Å². The molecule has 1 heterocycles. The maximum Gasteiger partial charge on any atom is 0.332 e. The molecule has 0 amide bonds. The second-order valence-corrected chi connectivity index (χ2v) is 2.97. The highest BCUT2D eigenvalue weighted by Gasteiger charge is 2.27. The quantitative estimate of drug-likeness (QED) is 0.502. The number of alkyl halides is 2. The first kappa shape index (κ1) is 12.2. The zero-order chi connectivity index (χ0) is 12.5. The number of nitro groups is 1. The van der Waals surface area contributed by atoms with Gasteiger partial charge in [-0.25, -0.2) is 8.78 Å². The van der Waals surface area contributed by atoms with Crippen LogP contribution < -0.4 is 5.43 Å². The summed E-state index contributed by atoms with van der Waals surface area (Å²) < 4.78 is 24.7. The summed E-state index contributed by atoms with van der Waals surface area (Å²) in [7, 11) is 0. The number of H-pyrrole nitrogens is 1. The maximum atomic E-state index is 12.3. The molecule has 0 saturated heterocycles. The summed E-state index contributed by atoms with van der Waals surface area (Å²) in [5.41, 5.74) is -4.59. The summed E-state index contributed by atoms with van der Waals surface area (Å²) in [4.78, 5) is 33.1. The number of hydrogen-bond donors (Lipinski definition) is 1. The van der Waals surface area contributed by atoms with Gasteiger partial charge >= 0.3 is 5.69 Å². The Morgan fingerprint density at radius 3 is 2.50 bits per heavy atom. The van der Waals surface area contributed by atoms with Crippen LogP contribution in [0.2, 0.25) is 0 Å². The lowest BCUT2D eigenvalue weighted by Crippen LogP contribution is -2.19. The van der Waals surface area contributed by atoms with Crippen molar-refractivity contribution in [2.24, 2.45) is 0 Å². The number of nitrogens with zero attached hydrogens (tertiary/aromatic N) is 1. The minimum absolute atomic E-state index is 0.493. The molecule has 86 valence electrons. The topological polar surface area (TPSA) is 93.1 Å². The SMILES string of the molecule is O=C(Cl)c1c(C(F)F)[nH]cc([N+](=O)[O-])c1=O. The van der Waals surface area contributed by atoms with Gasteiger partial charge in [0.2, 0.25) is 0 Å². The molecule has 1 aromatic rings. The van der Waals surface area contributed by atoms with Gasteiger partial charge in [-0.05, 0) is 11.6 Å². The standard InChI is InChI=1S/C7H3ClF2N2O4/c8-6(14)3-4(7(9)10)11-1-2(5(3)13)12(15)16/h1,7H,(H,11,13). The first-order valence-electron chi connectivity index (χ1n) is 3.74. The second kappa shape index (κ2) is 4.35. The smallest absolute Gasteiger partial charge is 0.332 e. The van der Waals surface area contributed by atoms with Crippen LogP contribution in [0, 0.1) is 10.1 Å². The molecule has 0 bridgehead atoms. The summed E-state index contributed by atoms with van der Waals surface area (Å²) in [6.07, 6.45) is -2.67. The highest BCUT2D eigenvalue weighted by atomic mass is 35.5. The Kier molecular flexibility index (Phi) is 3.33. The third kappa shape index (κ3) is 2.06. The molecule has 6 nitrogen and oxygen atoms in total. The molecule has 0 unspecified atom stereocenters. The van der Waals surface area contributed by atoms with Crippen molar-refractivity contribution in [2.75, 3.05) is 0 Å². The highest BCUT2D eigenvalue weighted by Crippen LogP contribution is 2.21. The monoisotopic (exact) mass is 252 g/mol. The van der Waals surface area contributed by atoms with Crippen LogP contribution in [0.1, 0.15) is 22.5 Å². The van der Waals surface area contributed by atoms with E-state index < -0.39 is 39.0 Å². The third-order valence-electron chi connectivity index (χ3n) is 1.70. The van der Waals surface area contributed by atoms with Gasteiger partial charge in [0.15, 0.2) is 0 Å². The van der Waals surface area contributed by atoms with Crippen molar-refractivity contribution < 1.29 is 18.5 Å². The molecule has 0 radical (unpaired) electrons. The van der Waals surface area contributed by atoms with Gasteiger partial charge in [0.25, 0.3) is 17.1 Å². The number of carbonyl (C=O) groups excluding carboxylic acids is 1. The van der Waals surface area contributed by atoms with Crippen LogP contribution in [-0.4, -0.2) is 15.1 Å². The molecule has 0 aliphatic heterocycles. The summed E-state index contributed by atoms with van der Waals surface area (Å²) in [6.45, 7) is 0. The van der Waals surface area contributed by atoms with Gasteiger partial charge in [0.1, 0.15) is 5.56 Å². The van der Waals surface area contributed by atoms with Crippen molar-refractivity contribution in [3.05, 3.63) is 37.8 Å². The van der Waals surface area contributed by atoms with Gasteiger partial charge < -0.3 is 4.98 Å². The van der Waals surface area contributed by atoms with Gasteiger partial charge in [0, 0.05) is 0 Å². The normalized spacial score (nSPS) is 10.5. The van der Waals surface area contributed by atoms with Crippen LogP contribution in [0.4, 0.5) is 14.5 Å². The molecule has 1 rings (SSSR count). The van der Waals surface area contributed by atoms with E-state index in [9.17, 15) is 28.5 Å². The van der Waals surface area contributed by atoms with Crippen LogP contribution in [0.15, 0.2) is 11.0 Å². The fourth-order valence-electron chi connectivity index (χ4n) is 1.04. The van der Waals surface area contributed by atoms with Crippen LogP contribution in [-0.2, 0) is 0 Å². The average Bonchev–Trinajstić information content (AvgIpc) is 2.15. The van der Waals surface area contributed by atoms with Gasteiger partial charge in [-0.15, -0.1) is 0 Å². The minimum atomic E-state index is -3.16. The largest absolute Gasteiger partial charge is 0.354 e. The molecule has 9 heteroatoms. The number of aromatic amines is 1. The Morgan fingerprint density at radius 2 is 2.12 bits per heavy atom. The highest BCUT2D eigenvalue weighted by molar-refractivity contribution is 6.67. The van der Waals surface area contributed by atoms with Crippen LogP contribution in [0.5, 0.6) is 0 Å². The molecular weight excluding hydrogens is 250 g/mol. The summed E-state index contributed by atoms with van der Waals surface area (Å²) >= 11 is 4.92. The number of hydrogen-bond acceptors (Lipinski definition) is 4. The van der Waals surface area contributed by atoms with Crippen molar-refractivity contribution in [3.8, 4) is 0 Å². The van der Waals surface area contributed by atoms with E-state index in [4.69, 9.17) is 11.6 Å². The van der Waals surface area contributed by atoms with Gasteiger partial charge in [0.05, 0.1) is 16.8 Å². The Hall–Kier alpha value is -1.83. The van der Waals surface area contributed by atoms with E-state index in [0.717, 1.165) is 0 Å². The van der Waals surface area contributed by atoms with Crippen molar-refractivity contribution in [1.29, 1.82) is 0 Å². The Labute approximate surface area is 91.0 Å². The number of aromatic nitrogens is 1. The molecule has 0 aliphatic rings. The zero-order valence-corrected chi connectivity index (χ0v) is 8.12. The fraction of sp³-hybridized carbons (Fsp3) is 0.143. The van der Waals surface area contributed by atoms with Gasteiger partial charge in [-0.1, -0.05) is 0 Å². The summed E-state index contributed by atoms with van der Waals surface area (Å²) in [5, 5.41) is 8.85. The number of nitrogens with one attached hydrogen (secondary N) is 1. The zero-order valence-electron chi connectivity index (χ0n) is 7.37.